The summed E-state index contributed by atoms with van der Waals surface area (Å²) in [5.41, 5.74) is 0.712. The lowest BCUT2D eigenvalue weighted by molar-refractivity contribution is 0.466. The van der Waals surface area contributed by atoms with E-state index in [2.05, 4.69) is 20.9 Å². The average molecular weight is 410 g/mol. The van der Waals surface area contributed by atoms with E-state index in [-0.39, 0.29) is 16.6 Å². The van der Waals surface area contributed by atoms with E-state index in [1.54, 1.807) is 24.3 Å². The molecular weight excluding hydrogens is 399 g/mol. The fourth-order valence-corrected chi connectivity index (χ4v) is 3.96. The summed E-state index contributed by atoms with van der Waals surface area (Å²) >= 11 is 15.1. The molecule has 0 bridgehead atoms. The molecule has 1 heterocycles. The number of sulfonamides is 1. The molecule has 0 aliphatic carbocycles. The van der Waals surface area contributed by atoms with Gasteiger partial charge in [-0.15, -0.1) is 0 Å². The normalized spacial score (nSPS) is 11.9. The molecule has 21 heavy (non-hydrogen) atoms. The van der Waals surface area contributed by atoms with Gasteiger partial charge in [-0.1, -0.05) is 41.4 Å². The van der Waals surface area contributed by atoms with Gasteiger partial charge in [-0.3, -0.25) is 0 Å². The van der Waals surface area contributed by atoms with Gasteiger partial charge in [0.1, 0.15) is 10.0 Å². The van der Waals surface area contributed by atoms with Gasteiger partial charge in [-0.2, -0.15) is 4.31 Å². The highest BCUT2D eigenvalue weighted by molar-refractivity contribution is 9.10. The number of rotatable bonds is 4. The first-order valence-electron chi connectivity index (χ1n) is 5.83. The van der Waals surface area contributed by atoms with E-state index in [1.807, 2.05) is 0 Å². The van der Waals surface area contributed by atoms with Gasteiger partial charge >= 0.3 is 0 Å². The maximum absolute atomic E-state index is 12.6. The van der Waals surface area contributed by atoms with E-state index in [4.69, 9.17) is 23.2 Å². The Morgan fingerprint density at radius 1 is 1.29 bits per heavy atom. The van der Waals surface area contributed by atoms with E-state index in [0.29, 0.717) is 15.1 Å². The molecule has 0 unspecified atom stereocenters. The number of pyridine rings is 1. The lowest BCUT2D eigenvalue weighted by Gasteiger charge is -2.18. The minimum absolute atomic E-state index is 0.0481. The molecule has 0 radical (unpaired) electrons. The van der Waals surface area contributed by atoms with Crippen LogP contribution in [-0.2, 0) is 16.6 Å². The minimum Gasteiger partial charge on any atom is -0.242 e. The molecule has 0 atom stereocenters. The van der Waals surface area contributed by atoms with Crippen molar-refractivity contribution < 1.29 is 8.42 Å². The molecule has 0 amide bonds. The Morgan fingerprint density at radius 3 is 2.62 bits per heavy atom. The van der Waals surface area contributed by atoms with Gasteiger partial charge in [0.05, 0.1) is 0 Å². The van der Waals surface area contributed by atoms with Gasteiger partial charge in [0.2, 0.25) is 10.0 Å². The van der Waals surface area contributed by atoms with Crippen molar-refractivity contribution in [3.63, 3.8) is 0 Å². The quantitative estimate of drug-likeness (QED) is 0.717. The maximum atomic E-state index is 12.6. The summed E-state index contributed by atoms with van der Waals surface area (Å²) in [6.07, 6.45) is 1.44. The van der Waals surface area contributed by atoms with Gasteiger partial charge in [-0.05, 0) is 33.6 Å². The number of hydrogen-bond acceptors (Lipinski definition) is 3. The van der Waals surface area contributed by atoms with Crippen LogP contribution < -0.4 is 0 Å². The first kappa shape index (κ1) is 16.7. The topological polar surface area (TPSA) is 50.3 Å². The van der Waals surface area contributed by atoms with Crippen molar-refractivity contribution in [2.24, 2.45) is 0 Å². The summed E-state index contributed by atoms with van der Waals surface area (Å²) in [5.74, 6) is 0. The van der Waals surface area contributed by atoms with Crippen LogP contribution in [0.4, 0.5) is 0 Å². The Kier molecular flexibility index (Phi) is 5.27. The van der Waals surface area contributed by atoms with Crippen LogP contribution >= 0.6 is 39.1 Å². The molecule has 2 aromatic rings. The molecule has 0 spiro atoms. The predicted octanol–water partition coefficient (Wildman–Crippen LogP) is 3.97. The smallest absolute Gasteiger partial charge is 0.242 e. The molecule has 8 heteroatoms. The minimum atomic E-state index is -3.76. The lowest BCUT2D eigenvalue weighted by atomic mass is 10.2. The highest BCUT2D eigenvalue weighted by Crippen LogP contribution is 2.27. The van der Waals surface area contributed by atoms with Gasteiger partial charge < -0.3 is 0 Å². The van der Waals surface area contributed by atoms with Crippen molar-refractivity contribution in [3.05, 3.63) is 56.7 Å². The summed E-state index contributed by atoms with van der Waals surface area (Å²) in [7, 11) is -2.29. The van der Waals surface area contributed by atoms with Crippen LogP contribution in [0.15, 0.2) is 45.9 Å². The molecule has 4 nitrogen and oxygen atoms in total. The third-order valence-corrected chi connectivity index (χ3v) is 5.84. The monoisotopic (exact) mass is 408 g/mol. The third kappa shape index (κ3) is 3.76. The van der Waals surface area contributed by atoms with Crippen LogP contribution in [0.5, 0.6) is 0 Å². The van der Waals surface area contributed by atoms with Crippen molar-refractivity contribution in [1.29, 1.82) is 0 Å². The molecule has 0 saturated carbocycles. The van der Waals surface area contributed by atoms with Crippen molar-refractivity contribution in [1.82, 2.24) is 9.29 Å². The number of halogens is 3. The predicted molar refractivity (Wildman–Crippen MR) is 87.1 cm³/mol. The summed E-state index contributed by atoms with van der Waals surface area (Å²) in [6.45, 7) is 0.144. The van der Waals surface area contributed by atoms with E-state index in [0.717, 1.165) is 0 Å². The molecule has 112 valence electrons. The van der Waals surface area contributed by atoms with Gasteiger partial charge in [0, 0.05) is 29.3 Å². The van der Waals surface area contributed by atoms with Gasteiger partial charge in [0.15, 0.2) is 0 Å². The zero-order valence-electron chi connectivity index (χ0n) is 10.9. The van der Waals surface area contributed by atoms with E-state index >= 15 is 0 Å². The standard InChI is InChI=1S/C13H11BrCl2N2O2S/c1-18(8-9-4-2-3-5-11(9)15)21(19,20)12-6-10(14)7-17-13(12)16/h2-7H,8H2,1H3. The van der Waals surface area contributed by atoms with Crippen molar-refractivity contribution in [2.45, 2.75) is 11.4 Å². The number of benzene rings is 1. The second kappa shape index (κ2) is 6.62. The lowest BCUT2D eigenvalue weighted by Crippen LogP contribution is -2.27. The molecule has 2 rings (SSSR count). The van der Waals surface area contributed by atoms with Crippen LogP contribution in [0, 0.1) is 0 Å². The van der Waals surface area contributed by atoms with Gasteiger partial charge in [0.25, 0.3) is 0 Å². The molecule has 0 saturated heterocycles. The highest BCUT2D eigenvalue weighted by atomic mass is 79.9. The SMILES string of the molecule is CN(Cc1ccccc1Cl)S(=O)(=O)c1cc(Br)cnc1Cl. The van der Waals surface area contributed by atoms with Crippen molar-refractivity contribution >= 4 is 49.2 Å². The Morgan fingerprint density at radius 2 is 1.95 bits per heavy atom. The molecule has 0 N–H and O–H groups in total. The zero-order valence-corrected chi connectivity index (χ0v) is 14.8. The Hall–Kier alpha value is -0.660. The number of nitrogens with zero attached hydrogens (tertiary/aromatic N) is 2. The van der Waals surface area contributed by atoms with Gasteiger partial charge in [-0.25, -0.2) is 13.4 Å². The molecular formula is C13H11BrCl2N2O2S. The fourth-order valence-electron chi connectivity index (χ4n) is 1.70. The average Bonchev–Trinajstić information content (AvgIpc) is 2.43. The molecule has 0 aliphatic heterocycles. The second-order valence-electron chi connectivity index (χ2n) is 4.29. The maximum Gasteiger partial charge on any atom is 0.246 e. The summed E-state index contributed by atoms with van der Waals surface area (Å²) in [6, 6.07) is 8.50. The van der Waals surface area contributed by atoms with Crippen LogP contribution in [0.1, 0.15) is 5.56 Å². The van der Waals surface area contributed by atoms with E-state index < -0.39 is 10.0 Å². The third-order valence-electron chi connectivity index (χ3n) is 2.81. The summed E-state index contributed by atoms with van der Waals surface area (Å²) in [5, 5.41) is 0.447. The number of hydrogen-bond donors (Lipinski definition) is 0. The Labute approximate surface area is 141 Å². The van der Waals surface area contributed by atoms with E-state index in [1.165, 1.54) is 23.6 Å². The van der Waals surface area contributed by atoms with Crippen LogP contribution in [0.3, 0.4) is 0 Å². The zero-order chi connectivity index (χ0) is 15.6. The summed E-state index contributed by atoms with van der Waals surface area (Å²) in [4.78, 5) is 3.79. The second-order valence-corrected chi connectivity index (χ2v) is 7.99. The molecule has 0 aliphatic rings. The molecule has 0 fully saturated rings. The largest absolute Gasteiger partial charge is 0.246 e. The summed E-state index contributed by atoms with van der Waals surface area (Å²) < 4.78 is 26.8. The van der Waals surface area contributed by atoms with Crippen molar-refractivity contribution in [2.75, 3.05) is 7.05 Å². The first-order valence-corrected chi connectivity index (χ1v) is 8.82. The molecule has 1 aromatic heterocycles. The number of aromatic nitrogens is 1. The Balaban J connectivity index is 2.35. The first-order chi connectivity index (χ1) is 9.82. The van der Waals surface area contributed by atoms with Crippen LogP contribution in [0.25, 0.3) is 0 Å². The van der Waals surface area contributed by atoms with E-state index in [9.17, 15) is 8.42 Å². The van der Waals surface area contributed by atoms with Crippen LogP contribution in [-0.4, -0.2) is 24.8 Å². The molecule has 1 aromatic carbocycles. The highest BCUT2D eigenvalue weighted by Gasteiger charge is 2.25. The van der Waals surface area contributed by atoms with Crippen LogP contribution in [0.2, 0.25) is 10.2 Å². The fraction of sp³-hybridized carbons (Fsp3) is 0.154. The van der Waals surface area contributed by atoms with Crippen molar-refractivity contribution in [3.8, 4) is 0 Å². The Bertz CT molecular complexity index is 769.